The lowest BCUT2D eigenvalue weighted by molar-refractivity contribution is 0.305. The van der Waals surface area contributed by atoms with Crippen molar-refractivity contribution in [3.8, 4) is 5.88 Å². The Hall–Kier alpha value is -1.78. The fourth-order valence-electron chi connectivity index (χ4n) is 1.87. The van der Waals surface area contributed by atoms with Crippen LogP contribution < -0.4 is 10.1 Å². The molecule has 0 aromatic carbocycles. The van der Waals surface area contributed by atoms with Crippen LogP contribution >= 0.6 is 0 Å². The van der Waals surface area contributed by atoms with Crippen molar-refractivity contribution in [1.29, 1.82) is 0 Å². The van der Waals surface area contributed by atoms with Crippen LogP contribution in [-0.2, 0) is 6.54 Å². The van der Waals surface area contributed by atoms with Gasteiger partial charge < -0.3 is 15.0 Å². The first-order valence-corrected chi connectivity index (χ1v) is 7.70. The van der Waals surface area contributed by atoms with Crippen LogP contribution in [0.5, 0.6) is 5.88 Å². The largest absolute Gasteiger partial charge is 0.478 e. The maximum absolute atomic E-state index is 5.48. The maximum Gasteiger partial charge on any atom is 0.213 e. The van der Waals surface area contributed by atoms with E-state index in [4.69, 9.17) is 4.74 Å². The van der Waals surface area contributed by atoms with E-state index in [1.165, 1.54) is 12.8 Å². The molecule has 0 radical (unpaired) electrons. The highest BCUT2D eigenvalue weighted by Gasteiger charge is 2.05. The number of nitrogens with one attached hydrogen (secondary N) is 1. The molecule has 0 saturated carbocycles. The van der Waals surface area contributed by atoms with Gasteiger partial charge in [-0.2, -0.15) is 0 Å². The van der Waals surface area contributed by atoms with Crippen LogP contribution in [0.1, 0.15) is 38.7 Å². The minimum atomic E-state index is 0.685. The highest BCUT2D eigenvalue weighted by Crippen LogP contribution is 2.07. The monoisotopic (exact) mass is 292 g/mol. The zero-order chi connectivity index (χ0) is 15.5. The van der Waals surface area contributed by atoms with Gasteiger partial charge in [-0.15, -0.1) is 0 Å². The van der Waals surface area contributed by atoms with Gasteiger partial charge in [0.25, 0.3) is 0 Å². The third-order valence-electron chi connectivity index (χ3n) is 3.12. The summed E-state index contributed by atoms with van der Waals surface area (Å²) in [5, 5.41) is 3.35. The third kappa shape index (κ3) is 6.47. The van der Waals surface area contributed by atoms with Crippen molar-refractivity contribution in [1.82, 2.24) is 15.2 Å². The molecule has 1 aromatic rings. The van der Waals surface area contributed by atoms with Gasteiger partial charge in [0, 0.05) is 39.4 Å². The van der Waals surface area contributed by atoms with Crippen LogP contribution in [0.15, 0.2) is 23.3 Å². The van der Waals surface area contributed by atoms with E-state index in [0.717, 1.165) is 24.5 Å². The normalized spacial score (nSPS) is 11.3. The number of rotatable bonds is 8. The Morgan fingerprint density at radius 1 is 1.33 bits per heavy atom. The molecule has 0 unspecified atom stereocenters. The topological polar surface area (TPSA) is 49.8 Å². The molecule has 5 nitrogen and oxygen atoms in total. The van der Waals surface area contributed by atoms with Crippen LogP contribution in [0.4, 0.5) is 0 Å². The number of aromatic nitrogens is 1. The Morgan fingerprint density at radius 3 is 2.71 bits per heavy atom. The van der Waals surface area contributed by atoms with Crippen LogP contribution in [0, 0.1) is 0 Å². The van der Waals surface area contributed by atoms with Crippen LogP contribution in [0.25, 0.3) is 0 Å². The third-order valence-corrected chi connectivity index (χ3v) is 3.12. The SMILES string of the molecule is CCCCN(C)C(=NC)NCc1ccc(OCCC)nc1. The number of hydrogen-bond acceptors (Lipinski definition) is 3. The molecular weight excluding hydrogens is 264 g/mol. The van der Waals surface area contributed by atoms with Gasteiger partial charge in [-0.05, 0) is 18.4 Å². The lowest BCUT2D eigenvalue weighted by Gasteiger charge is -2.21. The molecular formula is C16H28N4O. The molecule has 118 valence electrons. The summed E-state index contributed by atoms with van der Waals surface area (Å²) in [4.78, 5) is 10.7. The Morgan fingerprint density at radius 2 is 2.14 bits per heavy atom. The quantitative estimate of drug-likeness (QED) is 0.591. The number of ether oxygens (including phenoxy) is 1. The van der Waals surface area contributed by atoms with Gasteiger partial charge in [0.15, 0.2) is 5.96 Å². The van der Waals surface area contributed by atoms with E-state index in [2.05, 4.69) is 41.1 Å². The smallest absolute Gasteiger partial charge is 0.213 e. The highest BCUT2D eigenvalue weighted by atomic mass is 16.5. The molecule has 0 saturated heterocycles. The summed E-state index contributed by atoms with van der Waals surface area (Å²) in [5.41, 5.74) is 1.11. The lowest BCUT2D eigenvalue weighted by Crippen LogP contribution is -2.38. The molecule has 0 amide bonds. The average Bonchev–Trinajstić information content (AvgIpc) is 2.52. The molecule has 1 rings (SSSR count). The van der Waals surface area contributed by atoms with Crippen molar-refractivity contribution >= 4 is 5.96 Å². The minimum Gasteiger partial charge on any atom is -0.478 e. The number of guanidine groups is 1. The van der Waals surface area contributed by atoms with Crippen molar-refractivity contribution in [3.05, 3.63) is 23.9 Å². The summed E-state index contributed by atoms with van der Waals surface area (Å²) in [6.45, 7) is 6.71. The molecule has 5 heteroatoms. The summed E-state index contributed by atoms with van der Waals surface area (Å²) in [5.74, 6) is 1.60. The minimum absolute atomic E-state index is 0.685. The van der Waals surface area contributed by atoms with E-state index in [0.29, 0.717) is 19.0 Å². The standard InChI is InChI=1S/C16H28N4O/c1-5-7-10-20(4)16(17-3)19-13-14-8-9-15(18-12-14)21-11-6-2/h8-9,12H,5-7,10-11,13H2,1-4H3,(H,17,19). The van der Waals surface area contributed by atoms with Gasteiger partial charge in [0.05, 0.1) is 6.61 Å². The molecule has 1 N–H and O–H groups in total. The van der Waals surface area contributed by atoms with Gasteiger partial charge in [0.1, 0.15) is 0 Å². The first-order valence-electron chi connectivity index (χ1n) is 7.70. The first kappa shape index (κ1) is 17.3. The molecule has 0 aliphatic rings. The van der Waals surface area contributed by atoms with Crippen molar-refractivity contribution in [3.63, 3.8) is 0 Å². The number of unbranched alkanes of at least 4 members (excludes halogenated alkanes) is 1. The van der Waals surface area contributed by atoms with E-state index < -0.39 is 0 Å². The molecule has 21 heavy (non-hydrogen) atoms. The summed E-state index contributed by atoms with van der Waals surface area (Å²) in [7, 11) is 3.87. The number of nitrogens with zero attached hydrogens (tertiary/aromatic N) is 3. The van der Waals surface area contributed by atoms with Crippen molar-refractivity contribution < 1.29 is 4.74 Å². The van der Waals surface area contributed by atoms with Crippen LogP contribution in [-0.4, -0.2) is 43.1 Å². The lowest BCUT2D eigenvalue weighted by atomic mass is 10.3. The highest BCUT2D eigenvalue weighted by molar-refractivity contribution is 5.79. The van der Waals surface area contributed by atoms with Crippen molar-refractivity contribution in [2.24, 2.45) is 4.99 Å². The number of aliphatic imine (C=N–C) groups is 1. The zero-order valence-corrected chi connectivity index (χ0v) is 13.7. The van der Waals surface area contributed by atoms with Gasteiger partial charge in [-0.25, -0.2) is 4.98 Å². The second kappa shape index (κ2) is 10.0. The molecule has 0 aliphatic carbocycles. The van der Waals surface area contributed by atoms with E-state index in [9.17, 15) is 0 Å². The maximum atomic E-state index is 5.48. The predicted octanol–water partition coefficient (Wildman–Crippen LogP) is 2.68. The fraction of sp³-hybridized carbons (Fsp3) is 0.625. The predicted molar refractivity (Wildman–Crippen MR) is 87.8 cm³/mol. The summed E-state index contributed by atoms with van der Waals surface area (Å²) >= 11 is 0. The number of hydrogen-bond donors (Lipinski definition) is 1. The van der Waals surface area contributed by atoms with E-state index in [1.807, 2.05) is 25.4 Å². The first-order chi connectivity index (χ1) is 10.2. The van der Waals surface area contributed by atoms with E-state index in [-0.39, 0.29) is 0 Å². The Balaban J connectivity index is 2.45. The number of pyridine rings is 1. The fourth-order valence-corrected chi connectivity index (χ4v) is 1.87. The molecule has 0 spiro atoms. The van der Waals surface area contributed by atoms with Crippen LogP contribution in [0.2, 0.25) is 0 Å². The summed E-state index contributed by atoms with van der Waals surface area (Å²) < 4.78 is 5.48. The Bertz CT molecular complexity index is 417. The summed E-state index contributed by atoms with van der Waals surface area (Å²) in [6, 6.07) is 3.94. The second-order valence-corrected chi connectivity index (χ2v) is 5.03. The summed E-state index contributed by atoms with van der Waals surface area (Å²) in [6.07, 6.45) is 5.19. The van der Waals surface area contributed by atoms with Crippen molar-refractivity contribution in [2.75, 3.05) is 27.2 Å². The molecule has 1 heterocycles. The zero-order valence-electron chi connectivity index (χ0n) is 13.7. The Labute approximate surface area is 128 Å². The molecule has 0 bridgehead atoms. The van der Waals surface area contributed by atoms with E-state index >= 15 is 0 Å². The van der Waals surface area contributed by atoms with Gasteiger partial charge in [-0.3, -0.25) is 4.99 Å². The molecule has 0 aliphatic heterocycles. The van der Waals surface area contributed by atoms with Gasteiger partial charge in [0.2, 0.25) is 5.88 Å². The molecule has 0 atom stereocenters. The second-order valence-electron chi connectivity index (χ2n) is 5.03. The average molecular weight is 292 g/mol. The van der Waals surface area contributed by atoms with E-state index in [1.54, 1.807) is 0 Å². The van der Waals surface area contributed by atoms with Crippen LogP contribution in [0.3, 0.4) is 0 Å². The van der Waals surface area contributed by atoms with Crippen molar-refractivity contribution in [2.45, 2.75) is 39.7 Å². The van der Waals surface area contributed by atoms with Gasteiger partial charge >= 0.3 is 0 Å². The Kier molecular flexibility index (Phi) is 8.24. The molecule has 0 fully saturated rings. The van der Waals surface area contributed by atoms with Gasteiger partial charge in [-0.1, -0.05) is 26.3 Å². The molecule has 1 aromatic heterocycles.